The first kappa shape index (κ1) is 12.5. The summed E-state index contributed by atoms with van der Waals surface area (Å²) in [6.07, 6.45) is 8.75. The SMILES string of the molecule is Cc1ccc(NC(=O)c2cc3c(o2)=CCC=CC=3)cc1. The average Bonchev–Trinajstić information content (AvgIpc) is 2.73. The molecule has 0 spiro atoms. The van der Waals surface area contributed by atoms with Crippen molar-refractivity contribution in [3.8, 4) is 0 Å². The van der Waals surface area contributed by atoms with Crippen LogP contribution in [0, 0.1) is 6.92 Å². The van der Waals surface area contributed by atoms with Crippen LogP contribution >= 0.6 is 0 Å². The van der Waals surface area contributed by atoms with Gasteiger partial charge in [-0.15, -0.1) is 0 Å². The molecule has 100 valence electrons. The zero-order chi connectivity index (χ0) is 13.9. The summed E-state index contributed by atoms with van der Waals surface area (Å²) in [5.41, 5.74) is 2.67. The third-order valence-electron chi connectivity index (χ3n) is 3.18. The number of furan rings is 1. The van der Waals surface area contributed by atoms with Gasteiger partial charge in [-0.3, -0.25) is 4.79 Å². The van der Waals surface area contributed by atoms with Gasteiger partial charge < -0.3 is 9.73 Å². The van der Waals surface area contributed by atoms with Crippen LogP contribution < -0.4 is 16.0 Å². The third kappa shape index (κ3) is 2.57. The lowest BCUT2D eigenvalue weighted by atomic mass is 10.2. The molecule has 2 aromatic rings. The highest BCUT2D eigenvalue weighted by atomic mass is 16.3. The Morgan fingerprint density at radius 2 is 2.05 bits per heavy atom. The lowest BCUT2D eigenvalue weighted by Gasteiger charge is -2.02. The van der Waals surface area contributed by atoms with Crippen LogP contribution in [-0.4, -0.2) is 5.91 Å². The Hall–Kier alpha value is -2.55. The number of carbonyl (C=O) groups is 1. The van der Waals surface area contributed by atoms with Crippen LogP contribution in [0.15, 0.2) is 46.9 Å². The fourth-order valence-electron chi connectivity index (χ4n) is 2.08. The normalized spacial score (nSPS) is 12.8. The van der Waals surface area contributed by atoms with Crippen molar-refractivity contribution < 1.29 is 9.21 Å². The number of benzene rings is 1. The molecule has 3 heteroatoms. The van der Waals surface area contributed by atoms with Crippen molar-refractivity contribution in [3.63, 3.8) is 0 Å². The minimum Gasteiger partial charge on any atom is -0.451 e. The van der Waals surface area contributed by atoms with Crippen molar-refractivity contribution in [2.45, 2.75) is 13.3 Å². The zero-order valence-electron chi connectivity index (χ0n) is 11.2. The van der Waals surface area contributed by atoms with Gasteiger partial charge in [-0.25, -0.2) is 0 Å². The fourth-order valence-corrected chi connectivity index (χ4v) is 2.08. The zero-order valence-corrected chi connectivity index (χ0v) is 11.2. The summed E-state index contributed by atoms with van der Waals surface area (Å²) < 4.78 is 5.60. The molecule has 0 radical (unpaired) electrons. The van der Waals surface area contributed by atoms with E-state index < -0.39 is 0 Å². The minimum absolute atomic E-state index is 0.229. The second kappa shape index (κ2) is 5.21. The second-order valence-electron chi connectivity index (χ2n) is 4.79. The van der Waals surface area contributed by atoms with Crippen LogP contribution in [0.3, 0.4) is 0 Å². The van der Waals surface area contributed by atoms with E-state index in [0.717, 1.165) is 28.3 Å². The number of amides is 1. The highest BCUT2D eigenvalue weighted by molar-refractivity contribution is 6.02. The van der Waals surface area contributed by atoms with Gasteiger partial charge in [0.25, 0.3) is 5.91 Å². The fraction of sp³-hybridized carbons (Fsp3) is 0.118. The van der Waals surface area contributed by atoms with Gasteiger partial charge in [-0.05, 0) is 37.6 Å². The largest absolute Gasteiger partial charge is 0.451 e. The van der Waals surface area contributed by atoms with Crippen LogP contribution in [0.5, 0.6) is 0 Å². The molecular formula is C17H15NO2. The highest BCUT2D eigenvalue weighted by Gasteiger charge is 2.11. The Labute approximate surface area is 116 Å². The topological polar surface area (TPSA) is 42.2 Å². The number of anilines is 1. The van der Waals surface area contributed by atoms with Gasteiger partial charge in [-0.2, -0.15) is 0 Å². The van der Waals surface area contributed by atoms with Crippen molar-refractivity contribution in [2.75, 3.05) is 5.32 Å². The number of rotatable bonds is 2. The van der Waals surface area contributed by atoms with Crippen LogP contribution in [0.2, 0.25) is 0 Å². The monoisotopic (exact) mass is 265 g/mol. The molecule has 0 aliphatic heterocycles. The minimum atomic E-state index is -0.229. The Morgan fingerprint density at radius 3 is 2.85 bits per heavy atom. The quantitative estimate of drug-likeness (QED) is 0.905. The first-order valence-electron chi connectivity index (χ1n) is 6.57. The standard InChI is InChI=1S/C17H15NO2/c1-12-7-9-14(10-8-12)18-17(19)16-11-13-5-3-2-4-6-15(13)20-16/h2-3,5-11H,4H2,1H3,(H,18,19). The molecule has 1 aromatic heterocycles. The van der Waals surface area contributed by atoms with E-state index in [9.17, 15) is 4.79 Å². The van der Waals surface area contributed by atoms with E-state index in [0.29, 0.717) is 5.76 Å². The van der Waals surface area contributed by atoms with Gasteiger partial charge in [0.1, 0.15) is 5.42 Å². The molecule has 1 aliphatic rings. The van der Waals surface area contributed by atoms with Crippen molar-refractivity contribution in [3.05, 3.63) is 64.4 Å². The summed E-state index contributed by atoms with van der Waals surface area (Å²) in [7, 11) is 0. The molecule has 0 atom stereocenters. The predicted octanol–water partition coefficient (Wildman–Crippen LogP) is 2.36. The Kier molecular flexibility index (Phi) is 3.25. The maximum Gasteiger partial charge on any atom is 0.291 e. The molecule has 1 N–H and O–H groups in total. The summed E-state index contributed by atoms with van der Waals surface area (Å²) in [5, 5.41) is 3.77. The van der Waals surface area contributed by atoms with Gasteiger partial charge in [0.05, 0.1) is 0 Å². The number of aryl methyl sites for hydroxylation is 1. The van der Waals surface area contributed by atoms with Crippen molar-refractivity contribution >= 4 is 23.7 Å². The van der Waals surface area contributed by atoms with Crippen LogP contribution in [0.25, 0.3) is 12.2 Å². The Bertz CT molecular complexity index is 779. The molecule has 3 nitrogen and oxygen atoms in total. The van der Waals surface area contributed by atoms with Gasteiger partial charge in [0, 0.05) is 10.9 Å². The van der Waals surface area contributed by atoms with Crippen LogP contribution in [0.4, 0.5) is 5.69 Å². The van der Waals surface area contributed by atoms with E-state index in [1.807, 2.05) is 55.5 Å². The molecule has 0 fully saturated rings. The van der Waals surface area contributed by atoms with Crippen LogP contribution in [-0.2, 0) is 0 Å². The first-order chi connectivity index (χ1) is 9.72. The summed E-state index contributed by atoms with van der Waals surface area (Å²) in [6, 6.07) is 9.44. The average molecular weight is 265 g/mol. The Balaban J connectivity index is 1.87. The van der Waals surface area contributed by atoms with E-state index in [-0.39, 0.29) is 5.91 Å². The molecule has 20 heavy (non-hydrogen) atoms. The second-order valence-corrected chi connectivity index (χ2v) is 4.79. The molecule has 1 heterocycles. The molecule has 3 rings (SSSR count). The number of hydrogen-bond acceptors (Lipinski definition) is 2. The summed E-state index contributed by atoms with van der Waals surface area (Å²) in [6.45, 7) is 2.01. The molecular weight excluding hydrogens is 250 g/mol. The molecule has 0 bridgehead atoms. The van der Waals surface area contributed by atoms with Gasteiger partial charge in [0.2, 0.25) is 0 Å². The molecule has 1 aliphatic carbocycles. The summed E-state index contributed by atoms with van der Waals surface area (Å²) in [4.78, 5) is 12.2. The lowest BCUT2D eigenvalue weighted by Crippen LogP contribution is -2.17. The molecule has 1 amide bonds. The maximum absolute atomic E-state index is 12.2. The number of fused-ring (bicyclic) bond motifs is 1. The highest BCUT2D eigenvalue weighted by Crippen LogP contribution is 2.10. The van der Waals surface area contributed by atoms with Gasteiger partial charge >= 0.3 is 0 Å². The predicted molar refractivity (Wildman–Crippen MR) is 79.8 cm³/mol. The lowest BCUT2D eigenvalue weighted by molar-refractivity contribution is 0.0995. The van der Waals surface area contributed by atoms with E-state index in [4.69, 9.17) is 4.42 Å². The molecule has 0 unspecified atom stereocenters. The number of carbonyl (C=O) groups excluding carboxylic acids is 1. The molecule has 0 saturated carbocycles. The summed E-state index contributed by atoms with van der Waals surface area (Å²) >= 11 is 0. The van der Waals surface area contributed by atoms with E-state index >= 15 is 0 Å². The maximum atomic E-state index is 12.2. The molecule has 1 aromatic carbocycles. The Morgan fingerprint density at radius 1 is 1.25 bits per heavy atom. The van der Waals surface area contributed by atoms with Crippen molar-refractivity contribution in [1.29, 1.82) is 0 Å². The van der Waals surface area contributed by atoms with E-state index in [1.54, 1.807) is 6.07 Å². The van der Waals surface area contributed by atoms with E-state index in [2.05, 4.69) is 5.32 Å². The third-order valence-corrected chi connectivity index (χ3v) is 3.18. The number of hydrogen-bond donors (Lipinski definition) is 1. The first-order valence-corrected chi connectivity index (χ1v) is 6.57. The van der Waals surface area contributed by atoms with Crippen LogP contribution in [0.1, 0.15) is 22.5 Å². The smallest absolute Gasteiger partial charge is 0.291 e. The summed E-state index contributed by atoms with van der Waals surface area (Å²) in [5.74, 6) is 0.103. The van der Waals surface area contributed by atoms with Crippen molar-refractivity contribution in [1.82, 2.24) is 0 Å². The van der Waals surface area contributed by atoms with E-state index in [1.165, 1.54) is 0 Å². The van der Waals surface area contributed by atoms with Crippen molar-refractivity contribution in [2.24, 2.45) is 0 Å². The molecule has 0 saturated heterocycles. The van der Waals surface area contributed by atoms with Gasteiger partial charge in [0.15, 0.2) is 5.76 Å². The number of nitrogens with one attached hydrogen (secondary N) is 1. The number of allylic oxidation sites excluding steroid dienone is 2. The van der Waals surface area contributed by atoms with Gasteiger partial charge in [-0.1, -0.05) is 35.9 Å².